The molecule has 1 aliphatic heterocycles. The van der Waals surface area contributed by atoms with Gasteiger partial charge in [0.2, 0.25) is 5.91 Å². The Labute approximate surface area is 163 Å². The lowest BCUT2D eigenvalue weighted by Crippen LogP contribution is -2.23. The summed E-state index contributed by atoms with van der Waals surface area (Å²) in [5, 5.41) is 6.07. The molecule has 5 nitrogen and oxygen atoms in total. The largest absolute Gasteiger partial charge is 0.343 e. The Hall–Kier alpha value is -3.54. The molecule has 0 spiro atoms. The fourth-order valence-corrected chi connectivity index (χ4v) is 2.84. The Morgan fingerprint density at radius 1 is 1.25 bits per heavy atom. The second-order valence-corrected chi connectivity index (χ2v) is 6.15. The molecular formula is C22H21FN4O. The minimum atomic E-state index is -0.292. The minimum absolute atomic E-state index is 0.128. The van der Waals surface area contributed by atoms with Gasteiger partial charge in [0.25, 0.3) is 0 Å². The number of amides is 1. The van der Waals surface area contributed by atoms with E-state index in [4.69, 9.17) is 0 Å². The van der Waals surface area contributed by atoms with Crippen molar-refractivity contribution in [1.29, 1.82) is 0 Å². The number of carbonyl (C=O) groups excluding carboxylic acids is 1. The number of hydrogen-bond donors (Lipinski definition) is 2. The summed E-state index contributed by atoms with van der Waals surface area (Å²) in [6, 6.07) is 10.1. The Bertz CT molecular complexity index is 960. The zero-order valence-electron chi connectivity index (χ0n) is 15.6. The lowest BCUT2D eigenvalue weighted by Gasteiger charge is -2.08. The van der Waals surface area contributed by atoms with E-state index in [1.165, 1.54) is 12.1 Å². The average molecular weight is 376 g/mol. The quantitative estimate of drug-likeness (QED) is 0.748. The van der Waals surface area contributed by atoms with Gasteiger partial charge in [-0.2, -0.15) is 0 Å². The molecule has 0 bridgehead atoms. The average Bonchev–Trinajstić information content (AvgIpc) is 3.13. The number of nitrogens with one attached hydrogen (secondary N) is 2. The maximum absolute atomic E-state index is 13.4. The first-order valence-electron chi connectivity index (χ1n) is 8.97. The van der Waals surface area contributed by atoms with Gasteiger partial charge in [0, 0.05) is 25.2 Å². The number of nitrogens with zero attached hydrogens (tertiary/aromatic N) is 2. The van der Waals surface area contributed by atoms with E-state index in [1.54, 1.807) is 43.6 Å². The molecule has 1 amide bonds. The molecule has 0 unspecified atom stereocenters. The van der Waals surface area contributed by atoms with Crippen molar-refractivity contribution in [1.82, 2.24) is 15.6 Å². The van der Waals surface area contributed by atoms with Crippen LogP contribution in [0, 0.1) is 5.82 Å². The number of benzene rings is 1. The van der Waals surface area contributed by atoms with Crippen LogP contribution in [-0.2, 0) is 4.79 Å². The highest BCUT2D eigenvalue weighted by molar-refractivity contribution is 6.11. The van der Waals surface area contributed by atoms with E-state index in [9.17, 15) is 9.18 Å². The number of carbonyl (C=O) groups is 1. The van der Waals surface area contributed by atoms with Crippen molar-refractivity contribution in [3.05, 3.63) is 90.3 Å². The Kier molecular flexibility index (Phi) is 6.11. The second-order valence-electron chi connectivity index (χ2n) is 6.15. The van der Waals surface area contributed by atoms with Crippen LogP contribution in [0.5, 0.6) is 0 Å². The van der Waals surface area contributed by atoms with Crippen molar-refractivity contribution in [2.45, 2.75) is 19.8 Å². The van der Waals surface area contributed by atoms with Crippen molar-refractivity contribution < 1.29 is 9.18 Å². The van der Waals surface area contributed by atoms with Crippen LogP contribution in [0.3, 0.4) is 0 Å². The van der Waals surface area contributed by atoms with Crippen LogP contribution in [0.4, 0.5) is 4.39 Å². The monoisotopic (exact) mass is 376 g/mol. The molecule has 0 atom stereocenters. The Morgan fingerprint density at radius 3 is 2.61 bits per heavy atom. The maximum atomic E-state index is 13.4. The van der Waals surface area contributed by atoms with Gasteiger partial charge in [0.15, 0.2) is 0 Å². The van der Waals surface area contributed by atoms with Gasteiger partial charge in [-0.15, -0.1) is 0 Å². The van der Waals surface area contributed by atoms with Gasteiger partial charge in [0.05, 0.1) is 5.70 Å². The molecule has 28 heavy (non-hydrogen) atoms. The third kappa shape index (κ3) is 4.59. The standard InChI is InChI=1S/C22H21FN4O/c1-3-5-19(26-21(28)4-2)25-20-14-18(15-10-12-24-13-11-15)22(27-20)16-6-8-17(23)9-7-16/h3,5-13H,1,4,14H2,2H3,(H,25,27)(H,26,28)/b19-5+. The van der Waals surface area contributed by atoms with Crippen molar-refractivity contribution in [2.75, 3.05) is 0 Å². The van der Waals surface area contributed by atoms with E-state index in [2.05, 4.69) is 27.2 Å². The lowest BCUT2D eigenvalue weighted by atomic mass is 10.0. The van der Waals surface area contributed by atoms with Crippen molar-refractivity contribution in [2.24, 2.45) is 4.99 Å². The molecule has 1 aliphatic rings. The van der Waals surface area contributed by atoms with Crippen LogP contribution >= 0.6 is 0 Å². The van der Waals surface area contributed by atoms with Crippen LogP contribution in [0.15, 0.2) is 78.3 Å². The van der Waals surface area contributed by atoms with E-state index in [0.29, 0.717) is 24.5 Å². The summed E-state index contributed by atoms with van der Waals surface area (Å²) in [5.74, 6) is 0.672. The normalized spacial score (nSPS) is 15.5. The van der Waals surface area contributed by atoms with E-state index in [-0.39, 0.29) is 11.7 Å². The lowest BCUT2D eigenvalue weighted by molar-refractivity contribution is -0.120. The number of pyridine rings is 1. The fourth-order valence-electron chi connectivity index (χ4n) is 2.84. The number of allylic oxidation sites excluding steroid dienone is 2. The summed E-state index contributed by atoms with van der Waals surface area (Å²) in [7, 11) is 0. The summed E-state index contributed by atoms with van der Waals surface area (Å²) < 4.78 is 13.4. The van der Waals surface area contributed by atoms with Gasteiger partial charge in [0.1, 0.15) is 17.5 Å². The smallest absolute Gasteiger partial charge is 0.225 e. The van der Waals surface area contributed by atoms with Gasteiger partial charge in [-0.1, -0.05) is 19.6 Å². The predicted molar refractivity (Wildman–Crippen MR) is 109 cm³/mol. The third-order valence-corrected chi connectivity index (χ3v) is 4.20. The molecule has 142 valence electrons. The van der Waals surface area contributed by atoms with Crippen molar-refractivity contribution >= 4 is 23.0 Å². The first-order chi connectivity index (χ1) is 13.6. The summed E-state index contributed by atoms with van der Waals surface area (Å²) in [6.07, 6.45) is 7.56. The molecule has 0 fully saturated rings. The van der Waals surface area contributed by atoms with Crippen LogP contribution in [0.2, 0.25) is 0 Å². The van der Waals surface area contributed by atoms with Crippen LogP contribution in [-0.4, -0.2) is 16.7 Å². The SMILES string of the molecule is C=C/C=C(\N=C1/CC(c2ccncc2)=C(c2ccc(F)cc2)N1)NC(=O)CC. The number of aliphatic imine (C=N–C) groups is 1. The molecule has 2 N–H and O–H groups in total. The molecule has 0 saturated carbocycles. The molecule has 2 aromatic rings. The van der Waals surface area contributed by atoms with E-state index >= 15 is 0 Å². The van der Waals surface area contributed by atoms with Crippen LogP contribution < -0.4 is 10.6 Å². The molecule has 3 rings (SSSR count). The van der Waals surface area contributed by atoms with Gasteiger partial charge >= 0.3 is 0 Å². The second kappa shape index (κ2) is 8.90. The molecule has 0 radical (unpaired) electrons. The Morgan fingerprint density at radius 2 is 1.96 bits per heavy atom. The highest BCUT2D eigenvalue weighted by Gasteiger charge is 2.22. The third-order valence-electron chi connectivity index (χ3n) is 4.20. The first-order valence-corrected chi connectivity index (χ1v) is 8.97. The van der Waals surface area contributed by atoms with Crippen molar-refractivity contribution in [3.63, 3.8) is 0 Å². The van der Waals surface area contributed by atoms with Crippen LogP contribution in [0.1, 0.15) is 30.9 Å². The zero-order valence-corrected chi connectivity index (χ0v) is 15.6. The topological polar surface area (TPSA) is 66.4 Å². The zero-order chi connectivity index (χ0) is 19.9. The number of aromatic nitrogens is 1. The summed E-state index contributed by atoms with van der Waals surface area (Å²) >= 11 is 0. The molecular weight excluding hydrogens is 355 g/mol. The van der Waals surface area contributed by atoms with E-state index in [0.717, 1.165) is 22.4 Å². The molecule has 0 aliphatic carbocycles. The first kappa shape index (κ1) is 19.2. The molecule has 2 heterocycles. The van der Waals surface area contributed by atoms with Gasteiger partial charge in [-0.05, 0) is 59.2 Å². The van der Waals surface area contributed by atoms with Gasteiger partial charge in [-0.25, -0.2) is 9.38 Å². The number of amidine groups is 1. The molecule has 1 aromatic heterocycles. The maximum Gasteiger partial charge on any atom is 0.225 e. The van der Waals surface area contributed by atoms with E-state index in [1.807, 2.05) is 12.1 Å². The minimum Gasteiger partial charge on any atom is -0.343 e. The summed E-state index contributed by atoms with van der Waals surface area (Å²) in [4.78, 5) is 20.4. The molecule has 1 aromatic carbocycles. The number of hydrogen-bond acceptors (Lipinski definition) is 3. The Balaban J connectivity index is 1.97. The highest BCUT2D eigenvalue weighted by atomic mass is 19.1. The number of rotatable bonds is 6. The molecule has 6 heteroatoms. The predicted octanol–water partition coefficient (Wildman–Crippen LogP) is 4.03. The highest BCUT2D eigenvalue weighted by Crippen LogP contribution is 2.32. The fraction of sp³-hybridized carbons (Fsp3) is 0.136. The molecule has 0 saturated heterocycles. The van der Waals surface area contributed by atoms with E-state index < -0.39 is 0 Å². The number of halogens is 1. The van der Waals surface area contributed by atoms with Crippen molar-refractivity contribution in [3.8, 4) is 0 Å². The van der Waals surface area contributed by atoms with Gasteiger partial charge in [-0.3, -0.25) is 9.78 Å². The van der Waals surface area contributed by atoms with Gasteiger partial charge < -0.3 is 10.6 Å². The van der Waals surface area contributed by atoms with Crippen LogP contribution in [0.25, 0.3) is 11.3 Å². The summed E-state index contributed by atoms with van der Waals surface area (Å²) in [5.41, 5.74) is 3.72. The summed E-state index contributed by atoms with van der Waals surface area (Å²) in [6.45, 7) is 5.45.